The molecule has 7 rings (SSSR count). The maximum absolute atomic E-state index is 14.5. The summed E-state index contributed by atoms with van der Waals surface area (Å²) >= 11 is 8.10. The van der Waals surface area contributed by atoms with Gasteiger partial charge in [0.2, 0.25) is 21.8 Å². The van der Waals surface area contributed by atoms with Crippen molar-refractivity contribution in [2.75, 3.05) is 32.3 Å². The number of rotatable bonds is 17. The summed E-state index contributed by atoms with van der Waals surface area (Å²) in [5, 5.41) is 10.9. The SMILES string of the molecule is C=C[C@@H]1C[C@]1(NC(=O)[C@@H]1C[C@@H](Oc2cc(-c3csc(NC(=O)C(C)C)n3)nc3c2oc2ccc(OC)c(Cl)c23)CN1COC[C@@H](NC(=O)OC(C)(C)C)C(C)(C)C)C(=O)NS(=O)(=O)C1CC1. The first kappa shape index (κ1) is 48.9. The number of fused-ring (bicyclic) bond motifs is 3. The van der Waals surface area contributed by atoms with Gasteiger partial charge >= 0.3 is 6.09 Å². The molecule has 4 heterocycles. The molecule has 2 saturated carbocycles. The lowest BCUT2D eigenvalue weighted by Gasteiger charge is -2.33. The Kier molecular flexibility index (Phi) is 13.8. The molecule has 358 valence electrons. The van der Waals surface area contributed by atoms with Gasteiger partial charge in [0.1, 0.15) is 39.8 Å². The van der Waals surface area contributed by atoms with E-state index in [0.29, 0.717) is 51.6 Å². The van der Waals surface area contributed by atoms with Crippen molar-refractivity contribution in [3.8, 4) is 22.9 Å². The highest BCUT2D eigenvalue weighted by Gasteiger charge is 2.61. The first-order valence-electron chi connectivity index (χ1n) is 21.8. The number of nitrogens with one attached hydrogen (secondary N) is 4. The second kappa shape index (κ2) is 18.6. The molecule has 3 aliphatic rings. The van der Waals surface area contributed by atoms with Crippen LogP contribution in [0.5, 0.6) is 11.5 Å². The van der Waals surface area contributed by atoms with Crippen molar-refractivity contribution in [2.45, 2.75) is 116 Å². The number of carbonyl (C=O) groups excluding carboxylic acids is 4. The number of pyridine rings is 1. The zero-order valence-corrected chi connectivity index (χ0v) is 40.9. The number of amides is 4. The van der Waals surface area contributed by atoms with Crippen LogP contribution in [0.15, 0.2) is 40.7 Å². The van der Waals surface area contributed by atoms with Crippen LogP contribution in [-0.4, -0.2) is 109 Å². The third kappa shape index (κ3) is 10.7. The number of anilines is 1. The smallest absolute Gasteiger partial charge is 0.407 e. The van der Waals surface area contributed by atoms with E-state index in [4.69, 9.17) is 39.9 Å². The molecule has 4 aromatic rings. The van der Waals surface area contributed by atoms with E-state index in [9.17, 15) is 27.6 Å². The van der Waals surface area contributed by atoms with Gasteiger partial charge in [0, 0.05) is 36.2 Å². The number of halogens is 1. The summed E-state index contributed by atoms with van der Waals surface area (Å²) < 4.78 is 58.3. The molecule has 5 atom stereocenters. The van der Waals surface area contributed by atoms with Crippen LogP contribution >= 0.6 is 22.9 Å². The molecule has 0 radical (unpaired) electrons. The number of benzene rings is 1. The monoisotopic (exact) mass is 971 g/mol. The highest BCUT2D eigenvalue weighted by molar-refractivity contribution is 7.91. The molecule has 1 saturated heterocycles. The molecule has 21 heteroatoms. The molecule has 4 N–H and O–H groups in total. The van der Waals surface area contributed by atoms with Gasteiger partial charge in [-0.25, -0.2) is 23.2 Å². The Balaban J connectivity index is 1.20. The predicted molar refractivity (Wildman–Crippen MR) is 250 cm³/mol. The maximum atomic E-state index is 14.5. The Labute approximate surface area is 392 Å². The van der Waals surface area contributed by atoms with Crippen LogP contribution in [0, 0.1) is 17.3 Å². The topological polar surface area (TPSA) is 230 Å². The van der Waals surface area contributed by atoms with Gasteiger partial charge in [-0.2, -0.15) is 0 Å². The van der Waals surface area contributed by atoms with Gasteiger partial charge < -0.3 is 39.3 Å². The van der Waals surface area contributed by atoms with Crippen LogP contribution in [0.1, 0.15) is 81.1 Å². The standard InChI is InChI=1S/C45H58ClN7O11S2/c1-11-24-18-45(24,40(56)52-66(58,59)26-12-13-26)51-39(55)29-16-25(19-53(29)22-61-20-33(43(4,5)6)49-42(57)64-44(7,8)9)62-32-17-27(28-21-65-41(48-28)50-38(54)23(2)3)47-36-34-30(63-37(32)36)14-15-31(60-10)35(34)46/h11,14-15,17,21,23-26,29,33H,1,12-13,16,18-20,22H2,2-10H3,(H,49,57)(H,51,55)(H,52,56)(H,48,50,54)/t24-,25-,29+,33-,45-/m1/s1. The van der Waals surface area contributed by atoms with Gasteiger partial charge in [0.05, 0.1) is 53.9 Å². The minimum atomic E-state index is -3.91. The number of nitrogens with zero attached hydrogens (tertiary/aromatic N) is 3. The summed E-state index contributed by atoms with van der Waals surface area (Å²) in [6.07, 6.45) is 1.41. The Morgan fingerprint density at radius 3 is 2.44 bits per heavy atom. The van der Waals surface area contributed by atoms with Gasteiger partial charge in [0.25, 0.3) is 5.91 Å². The molecule has 1 aromatic carbocycles. The lowest BCUT2D eigenvalue weighted by atomic mass is 9.87. The lowest BCUT2D eigenvalue weighted by Crippen LogP contribution is -2.56. The van der Waals surface area contributed by atoms with Crippen molar-refractivity contribution in [3.63, 3.8) is 0 Å². The van der Waals surface area contributed by atoms with Crippen LogP contribution in [-0.2, 0) is 33.9 Å². The molecule has 2 aliphatic carbocycles. The molecule has 18 nitrogen and oxygen atoms in total. The lowest BCUT2D eigenvalue weighted by molar-refractivity contribution is -0.133. The summed E-state index contributed by atoms with van der Waals surface area (Å²) in [5.74, 6) is -1.67. The quantitative estimate of drug-likeness (QED) is 0.0802. The molecule has 1 aliphatic heterocycles. The van der Waals surface area contributed by atoms with Gasteiger partial charge in [-0.1, -0.05) is 52.3 Å². The van der Waals surface area contributed by atoms with Gasteiger partial charge in [-0.3, -0.25) is 24.0 Å². The minimum absolute atomic E-state index is 0.0494. The fraction of sp³-hybridized carbons (Fsp3) is 0.556. The maximum Gasteiger partial charge on any atom is 0.407 e. The first-order chi connectivity index (χ1) is 30.9. The van der Waals surface area contributed by atoms with E-state index in [-0.39, 0.29) is 60.9 Å². The highest BCUT2D eigenvalue weighted by atomic mass is 35.5. The second-order valence-corrected chi connectivity index (χ2v) is 22.6. The zero-order chi connectivity index (χ0) is 48.1. The summed E-state index contributed by atoms with van der Waals surface area (Å²) in [5.41, 5.74) is -0.841. The Morgan fingerprint density at radius 1 is 1.09 bits per heavy atom. The van der Waals surface area contributed by atoms with Crippen LogP contribution in [0.4, 0.5) is 9.93 Å². The van der Waals surface area contributed by atoms with Crippen molar-refractivity contribution in [1.82, 2.24) is 30.2 Å². The average Bonchev–Trinajstić information content (AvgIpc) is 4.06. The van der Waals surface area contributed by atoms with Crippen molar-refractivity contribution in [2.24, 2.45) is 17.3 Å². The van der Waals surface area contributed by atoms with Gasteiger partial charge in [0.15, 0.2) is 16.5 Å². The number of furan rings is 1. The number of methoxy groups -OCH3 is 1. The Morgan fingerprint density at radius 2 is 1.82 bits per heavy atom. The second-order valence-electron chi connectivity index (χ2n) is 19.4. The number of likely N-dealkylation sites (tertiary alicyclic amines) is 1. The number of ether oxygens (including phenoxy) is 4. The largest absolute Gasteiger partial charge is 0.495 e. The minimum Gasteiger partial charge on any atom is -0.495 e. The van der Waals surface area contributed by atoms with Crippen molar-refractivity contribution in [1.29, 1.82) is 0 Å². The van der Waals surface area contributed by atoms with Crippen LogP contribution in [0.2, 0.25) is 5.02 Å². The van der Waals surface area contributed by atoms with E-state index < -0.39 is 73.8 Å². The zero-order valence-electron chi connectivity index (χ0n) is 38.5. The predicted octanol–water partition coefficient (Wildman–Crippen LogP) is 6.77. The fourth-order valence-corrected chi connectivity index (χ4v) is 10.0. The molecular weight excluding hydrogens is 914 g/mol. The molecule has 0 bridgehead atoms. The van der Waals surface area contributed by atoms with Crippen LogP contribution < -0.4 is 30.1 Å². The summed E-state index contributed by atoms with van der Waals surface area (Å²) in [6, 6.07) is 3.62. The molecule has 3 aromatic heterocycles. The third-order valence-corrected chi connectivity index (χ3v) is 14.6. The normalized spacial score (nSPS) is 21.7. The molecule has 66 heavy (non-hydrogen) atoms. The Hall–Kier alpha value is -5.02. The van der Waals surface area contributed by atoms with E-state index in [1.54, 1.807) is 63.1 Å². The fourth-order valence-electron chi connectivity index (χ4n) is 7.61. The van der Waals surface area contributed by atoms with E-state index in [0.717, 1.165) is 0 Å². The van der Waals surface area contributed by atoms with Crippen molar-refractivity contribution >= 4 is 84.0 Å². The Bertz CT molecular complexity index is 2650. The van der Waals surface area contributed by atoms with Crippen molar-refractivity contribution < 1.29 is 51.0 Å². The number of thiazole rings is 1. The summed E-state index contributed by atoms with van der Waals surface area (Å²) in [4.78, 5) is 64.9. The number of alkyl carbamates (subject to hydrolysis) is 1. The van der Waals surface area contributed by atoms with Crippen LogP contribution in [0.25, 0.3) is 33.5 Å². The van der Waals surface area contributed by atoms with Crippen molar-refractivity contribution in [3.05, 3.63) is 41.3 Å². The molecule has 3 fully saturated rings. The van der Waals surface area contributed by atoms with E-state index in [1.807, 2.05) is 20.8 Å². The third-order valence-electron chi connectivity index (χ3n) is 11.7. The number of carbonyl (C=O) groups is 4. The highest BCUT2D eigenvalue weighted by Crippen LogP contribution is 2.46. The number of hydrogen-bond donors (Lipinski definition) is 4. The summed E-state index contributed by atoms with van der Waals surface area (Å²) in [7, 11) is -2.41. The molecule has 0 unspecified atom stereocenters. The number of aromatic nitrogens is 2. The van der Waals surface area contributed by atoms with E-state index in [2.05, 4.69) is 32.2 Å². The number of sulfonamides is 1. The first-order valence-corrected chi connectivity index (χ1v) is 24.6. The molecule has 0 spiro atoms. The average molecular weight is 973 g/mol. The van der Waals surface area contributed by atoms with Crippen LogP contribution in [0.3, 0.4) is 0 Å². The molecule has 4 amide bonds. The molecular formula is C45H58ClN7O11S2. The van der Waals surface area contributed by atoms with Gasteiger partial charge in [-0.15, -0.1) is 17.9 Å². The van der Waals surface area contributed by atoms with E-state index in [1.165, 1.54) is 24.5 Å². The summed E-state index contributed by atoms with van der Waals surface area (Å²) in [6.45, 7) is 18.7. The van der Waals surface area contributed by atoms with E-state index >= 15 is 0 Å². The number of hydrogen-bond acceptors (Lipinski definition) is 15. The van der Waals surface area contributed by atoms with Gasteiger partial charge in [-0.05, 0) is 57.6 Å².